The molecule has 1 aromatic heterocycles. The first-order chi connectivity index (χ1) is 13.8. The van der Waals surface area contributed by atoms with Crippen LogP contribution in [-0.2, 0) is 4.79 Å². The highest BCUT2D eigenvalue weighted by Gasteiger charge is 2.31. The van der Waals surface area contributed by atoms with Crippen LogP contribution >= 0.6 is 0 Å². The topological polar surface area (TPSA) is 55.3 Å². The van der Waals surface area contributed by atoms with Crippen LogP contribution in [0.3, 0.4) is 0 Å². The van der Waals surface area contributed by atoms with Crippen molar-refractivity contribution in [1.29, 1.82) is 0 Å². The molecule has 2 heterocycles. The van der Waals surface area contributed by atoms with Gasteiger partial charge in [0.15, 0.2) is 0 Å². The normalized spacial score (nSPS) is 14.8. The van der Waals surface area contributed by atoms with Gasteiger partial charge in [0.25, 0.3) is 0 Å². The number of hydrogen-bond donors (Lipinski definition) is 0. The molecule has 0 saturated carbocycles. The van der Waals surface area contributed by atoms with Crippen LogP contribution in [0.4, 0.5) is 0 Å². The number of hydrogen-bond acceptors (Lipinski definition) is 4. The lowest BCUT2D eigenvalue weighted by Crippen LogP contribution is -2.44. The molecular weight excluding hydrogens is 350 g/mol. The van der Waals surface area contributed by atoms with Crippen molar-refractivity contribution in [1.82, 2.24) is 15.1 Å². The van der Waals surface area contributed by atoms with E-state index in [0.29, 0.717) is 19.0 Å². The molecule has 0 unspecified atom stereocenters. The van der Waals surface area contributed by atoms with Gasteiger partial charge < -0.3 is 9.64 Å². The van der Waals surface area contributed by atoms with E-state index < -0.39 is 0 Å². The van der Waals surface area contributed by atoms with Crippen molar-refractivity contribution in [2.45, 2.75) is 24.9 Å². The summed E-state index contributed by atoms with van der Waals surface area (Å²) in [6.45, 7) is 1.36. The van der Waals surface area contributed by atoms with Crippen LogP contribution in [0, 0.1) is 0 Å². The van der Waals surface area contributed by atoms with E-state index in [1.165, 1.54) is 0 Å². The highest BCUT2D eigenvalue weighted by atomic mass is 16.5. The van der Waals surface area contributed by atoms with Gasteiger partial charge in [0.05, 0.1) is 5.92 Å². The Balaban J connectivity index is 1.46. The Bertz CT molecular complexity index is 840. The zero-order valence-electron chi connectivity index (χ0n) is 15.6. The molecule has 0 aliphatic carbocycles. The largest absolute Gasteiger partial charge is 0.473 e. The number of carbonyl (C=O) groups excluding carboxylic acids is 1. The average molecular weight is 373 g/mol. The lowest BCUT2D eigenvalue weighted by Gasteiger charge is -2.34. The average Bonchev–Trinajstić information content (AvgIpc) is 2.77. The minimum Gasteiger partial charge on any atom is -0.473 e. The van der Waals surface area contributed by atoms with Gasteiger partial charge in [-0.3, -0.25) is 4.79 Å². The number of carbonyl (C=O) groups is 1. The van der Waals surface area contributed by atoms with E-state index in [1.54, 1.807) is 6.20 Å². The first-order valence-corrected chi connectivity index (χ1v) is 9.64. The molecular formula is C23H23N3O2. The molecule has 1 amide bonds. The maximum atomic E-state index is 13.4. The van der Waals surface area contributed by atoms with Gasteiger partial charge in [-0.15, -0.1) is 5.10 Å². The van der Waals surface area contributed by atoms with E-state index in [9.17, 15) is 4.79 Å². The maximum Gasteiger partial charge on any atom is 0.234 e. The van der Waals surface area contributed by atoms with Crippen molar-refractivity contribution in [3.8, 4) is 5.88 Å². The molecule has 142 valence electrons. The quantitative estimate of drug-likeness (QED) is 0.685. The van der Waals surface area contributed by atoms with Crippen LogP contribution in [0.5, 0.6) is 5.88 Å². The summed E-state index contributed by atoms with van der Waals surface area (Å²) < 4.78 is 5.90. The standard InChI is InChI=1S/C23H23N3O2/c27-23(22(18-8-3-1-4-9-18)19-10-5-2-6-11-19)26-16-13-20(14-17-26)28-21-12-7-15-24-25-21/h1-12,15,20,22H,13-14,16-17H2. The molecule has 0 N–H and O–H groups in total. The highest BCUT2D eigenvalue weighted by Crippen LogP contribution is 2.28. The second-order valence-electron chi connectivity index (χ2n) is 6.96. The Morgan fingerprint density at radius 2 is 1.50 bits per heavy atom. The second kappa shape index (κ2) is 8.65. The molecule has 5 nitrogen and oxygen atoms in total. The Hall–Kier alpha value is -3.21. The molecule has 1 aliphatic heterocycles. The first-order valence-electron chi connectivity index (χ1n) is 9.64. The van der Waals surface area contributed by atoms with Crippen LogP contribution in [0.15, 0.2) is 79.0 Å². The summed E-state index contributed by atoms with van der Waals surface area (Å²) in [6, 6.07) is 23.6. The van der Waals surface area contributed by atoms with Crippen LogP contribution < -0.4 is 4.74 Å². The molecule has 0 bridgehead atoms. The summed E-state index contributed by atoms with van der Waals surface area (Å²) in [5.41, 5.74) is 2.05. The van der Waals surface area contributed by atoms with Gasteiger partial charge >= 0.3 is 0 Å². The van der Waals surface area contributed by atoms with Crippen molar-refractivity contribution in [2.24, 2.45) is 0 Å². The van der Waals surface area contributed by atoms with Gasteiger partial charge in [-0.05, 0) is 17.2 Å². The zero-order chi connectivity index (χ0) is 19.2. The van der Waals surface area contributed by atoms with Crippen LogP contribution in [0.2, 0.25) is 0 Å². The summed E-state index contributed by atoms with van der Waals surface area (Å²) >= 11 is 0. The molecule has 3 aromatic rings. The summed E-state index contributed by atoms with van der Waals surface area (Å²) in [7, 11) is 0. The van der Waals surface area contributed by atoms with Gasteiger partial charge in [0, 0.05) is 38.2 Å². The molecule has 2 aromatic carbocycles. The Labute approximate surface area is 165 Å². The van der Waals surface area contributed by atoms with Crippen molar-refractivity contribution < 1.29 is 9.53 Å². The Kier molecular flexibility index (Phi) is 5.61. The fourth-order valence-corrected chi connectivity index (χ4v) is 3.67. The molecule has 0 atom stereocenters. The van der Waals surface area contributed by atoms with E-state index in [0.717, 1.165) is 24.0 Å². The molecule has 1 aliphatic rings. The van der Waals surface area contributed by atoms with Crippen LogP contribution in [0.25, 0.3) is 0 Å². The van der Waals surface area contributed by atoms with Crippen molar-refractivity contribution in [3.63, 3.8) is 0 Å². The third-order valence-corrected chi connectivity index (χ3v) is 5.10. The SMILES string of the molecule is O=C(C(c1ccccc1)c1ccccc1)N1CCC(Oc2cccnn2)CC1. The monoisotopic (exact) mass is 373 g/mol. The molecule has 28 heavy (non-hydrogen) atoms. The van der Waals surface area contributed by atoms with Crippen molar-refractivity contribution >= 4 is 5.91 Å². The molecule has 0 radical (unpaired) electrons. The Morgan fingerprint density at radius 1 is 0.893 bits per heavy atom. The molecule has 5 heteroatoms. The smallest absolute Gasteiger partial charge is 0.234 e. The van der Waals surface area contributed by atoms with Gasteiger partial charge in [0.2, 0.25) is 11.8 Å². The molecule has 1 saturated heterocycles. The lowest BCUT2D eigenvalue weighted by molar-refractivity contribution is -0.133. The number of amides is 1. The summed E-state index contributed by atoms with van der Waals surface area (Å²) in [6.07, 6.45) is 3.27. The Morgan fingerprint density at radius 3 is 2.04 bits per heavy atom. The van der Waals surface area contributed by atoms with Gasteiger partial charge in [-0.25, -0.2) is 0 Å². The summed E-state index contributed by atoms with van der Waals surface area (Å²) in [4.78, 5) is 15.4. The molecule has 4 rings (SSSR count). The number of piperidine rings is 1. The van der Waals surface area contributed by atoms with Crippen molar-refractivity contribution in [3.05, 3.63) is 90.1 Å². The lowest BCUT2D eigenvalue weighted by atomic mass is 9.89. The number of ether oxygens (including phenoxy) is 1. The zero-order valence-corrected chi connectivity index (χ0v) is 15.6. The summed E-state index contributed by atoms with van der Waals surface area (Å²) in [5, 5.41) is 7.83. The number of rotatable bonds is 5. The highest BCUT2D eigenvalue weighted by molar-refractivity contribution is 5.87. The summed E-state index contributed by atoms with van der Waals surface area (Å²) in [5.74, 6) is 0.411. The molecule has 1 fully saturated rings. The van der Waals surface area contributed by atoms with Crippen LogP contribution in [-0.4, -0.2) is 40.2 Å². The van der Waals surface area contributed by atoms with Gasteiger partial charge in [-0.1, -0.05) is 60.7 Å². The number of aromatic nitrogens is 2. The maximum absolute atomic E-state index is 13.4. The van der Waals surface area contributed by atoms with Gasteiger partial charge in [-0.2, -0.15) is 5.10 Å². The number of nitrogens with zero attached hydrogens (tertiary/aromatic N) is 3. The van der Waals surface area contributed by atoms with E-state index in [1.807, 2.05) is 77.7 Å². The predicted octanol–water partition coefficient (Wildman–Crippen LogP) is 3.68. The van der Waals surface area contributed by atoms with E-state index in [2.05, 4.69) is 10.2 Å². The number of benzene rings is 2. The third-order valence-electron chi connectivity index (χ3n) is 5.10. The fraction of sp³-hybridized carbons (Fsp3) is 0.261. The third kappa shape index (κ3) is 4.19. The number of likely N-dealkylation sites (tertiary alicyclic amines) is 1. The minimum atomic E-state index is -0.278. The minimum absolute atomic E-state index is 0.0626. The van der Waals surface area contributed by atoms with Crippen molar-refractivity contribution in [2.75, 3.05) is 13.1 Å². The van der Waals surface area contributed by atoms with E-state index in [4.69, 9.17) is 4.74 Å². The fourth-order valence-electron chi connectivity index (χ4n) is 3.67. The van der Waals surface area contributed by atoms with Crippen LogP contribution in [0.1, 0.15) is 29.9 Å². The second-order valence-corrected chi connectivity index (χ2v) is 6.96. The van der Waals surface area contributed by atoms with E-state index >= 15 is 0 Å². The predicted molar refractivity (Wildman–Crippen MR) is 107 cm³/mol. The van der Waals surface area contributed by atoms with Gasteiger partial charge in [0.1, 0.15) is 6.10 Å². The molecule has 0 spiro atoms. The van der Waals surface area contributed by atoms with E-state index in [-0.39, 0.29) is 17.9 Å². The first kappa shape index (κ1) is 18.2.